The zero-order valence-electron chi connectivity index (χ0n) is 16.4. The summed E-state index contributed by atoms with van der Waals surface area (Å²) in [4.78, 5) is 10.5. The van der Waals surface area contributed by atoms with E-state index in [-0.39, 0.29) is 5.69 Å². The van der Waals surface area contributed by atoms with Crippen LogP contribution in [-0.2, 0) is 5.75 Å². The second-order valence-corrected chi connectivity index (χ2v) is 7.94. The lowest BCUT2D eigenvalue weighted by molar-refractivity contribution is -0.384. The summed E-state index contributed by atoms with van der Waals surface area (Å²) in [6.07, 6.45) is 0. The summed E-state index contributed by atoms with van der Waals surface area (Å²) < 4.78 is 7.24. The van der Waals surface area contributed by atoms with Gasteiger partial charge in [-0.1, -0.05) is 35.5 Å². The minimum Gasteiger partial charge on any atom is -0.497 e. The summed E-state index contributed by atoms with van der Waals surface area (Å²) in [6, 6.07) is 21.6. The summed E-state index contributed by atoms with van der Waals surface area (Å²) >= 11 is 7.54. The molecule has 0 saturated carbocycles. The number of thioether (sulfide) groups is 1. The van der Waals surface area contributed by atoms with Crippen LogP contribution < -0.4 is 4.74 Å². The van der Waals surface area contributed by atoms with Crippen molar-refractivity contribution in [1.82, 2.24) is 14.8 Å². The van der Waals surface area contributed by atoms with Crippen LogP contribution in [0, 0.1) is 10.1 Å². The lowest BCUT2D eigenvalue weighted by atomic mass is 10.2. The highest BCUT2D eigenvalue weighted by Crippen LogP contribution is 2.31. The van der Waals surface area contributed by atoms with Crippen molar-refractivity contribution < 1.29 is 9.66 Å². The molecule has 9 heteroatoms. The van der Waals surface area contributed by atoms with E-state index in [2.05, 4.69) is 10.2 Å². The highest BCUT2D eigenvalue weighted by Gasteiger charge is 2.17. The summed E-state index contributed by atoms with van der Waals surface area (Å²) in [5, 5.41) is 21.0. The van der Waals surface area contributed by atoms with E-state index in [1.54, 1.807) is 19.2 Å². The average Bonchev–Trinajstić information content (AvgIpc) is 3.22. The van der Waals surface area contributed by atoms with Crippen molar-refractivity contribution in [3.63, 3.8) is 0 Å². The van der Waals surface area contributed by atoms with Gasteiger partial charge in [-0.15, -0.1) is 10.2 Å². The Morgan fingerprint density at radius 3 is 2.29 bits per heavy atom. The van der Waals surface area contributed by atoms with E-state index in [1.807, 2.05) is 53.1 Å². The summed E-state index contributed by atoms with van der Waals surface area (Å²) in [5.74, 6) is 2.03. The maximum absolute atomic E-state index is 10.9. The molecule has 0 aliphatic heterocycles. The Labute approximate surface area is 187 Å². The molecule has 1 aromatic heterocycles. The number of nitrogens with zero attached hydrogens (tertiary/aromatic N) is 4. The molecular formula is C22H17ClN4O3S. The normalized spacial score (nSPS) is 10.8. The third kappa shape index (κ3) is 4.70. The van der Waals surface area contributed by atoms with Crippen molar-refractivity contribution in [2.75, 3.05) is 7.11 Å². The summed E-state index contributed by atoms with van der Waals surface area (Å²) in [7, 11) is 1.62. The second-order valence-electron chi connectivity index (χ2n) is 6.56. The van der Waals surface area contributed by atoms with Crippen LogP contribution in [0.25, 0.3) is 17.1 Å². The van der Waals surface area contributed by atoms with E-state index >= 15 is 0 Å². The molecule has 0 atom stereocenters. The number of ether oxygens (including phenoxy) is 1. The molecule has 0 unspecified atom stereocenters. The Morgan fingerprint density at radius 2 is 1.68 bits per heavy atom. The van der Waals surface area contributed by atoms with Crippen LogP contribution in [0.15, 0.2) is 78.0 Å². The maximum atomic E-state index is 10.9. The van der Waals surface area contributed by atoms with E-state index in [0.29, 0.717) is 21.8 Å². The van der Waals surface area contributed by atoms with Gasteiger partial charge in [-0.2, -0.15) is 0 Å². The number of hydrogen-bond donors (Lipinski definition) is 0. The monoisotopic (exact) mass is 452 g/mol. The van der Waals surface area contributed by atoms with E-state index in [9.17, 15) is 10.1 Å². The number of nitro groups is 1. The van der Waals surface area contributed by atoms with Crippen molar-refractivity contribution >= 4 is 29.1 Å². The lowest BCUT2D eigenvalue weighted by Crippen LogP contribution is -2.00. The minimum absolute atomic E-state index is 0.0696. The quantitative estimate of drug-likeness (QED) is 0.200. The number of halogens is 1. The van der Waals surface area contributed by atoms with E-state index in [0.717, 1.165) is 22.6 Å². The SMILES string of the molecule is COc1ccc(-n2c(SCc3ccc([N+](=O)[O-])cc3)nnc2-c2ccc(Cl)cc2)cc1. The van der Waals surface area contributed by atoms with Crippen LogP contribution in [0.3, 0.4) is 0 Å². The van der Waals surface area contributed by atoms with Gasteiger partial charge >= 0.3 is 0 Å². The predicted octanol–water partition coefficient (Wildman–Crippen LogP) is 5.80. The largest absolute Gasteiger partial charge is 0.497 e. The number of nitro benzene ring substituents is 1. The zero-order chi connectivity index (χ0) is 21.8. The van der Waals surface area contributed by atoms with Crippen molar-refractivity contribution in [3.8, 4) is 22.8 Å². The molecule has 0 fully saturated rings. The van der Waals surface area contributed by atoms with Crippen molar-refractivity contribution in [3.05, 3.63) is 93.5 Å². The summed E-state index contributed by atoms with van der Waals surface area (Å²) in [5.41, 5.74) is 2.80. The van der Waals surface area contributed by atoms with Gasteiger partial charge in [-0.3, -0.25) is 14.7 Å². The molecule has 3 aromatic carbocycles. The van der Waals surface area contributed by atoms with Crippen LogP contribution in [-0.4, -0.2) is 26.8 Å². The number of hydrogen-bond acceptors (Lipinski definition) is 6. The predicted molar refractivity (Wildman–Crippen MR) is 121 cm³/mol. The molecule has 0 bridgehead atoms. The molecule has 0 spiro atoms. The fraction of sp³-hybridized carbons (Fsp3) is 0.0909. The first-order valence-corrected chi connectivity index (χ1v) is 10.6. The third-order valence-corrected chi connectivity index (χ3v) is 5.83. The van der Waals surface area contributed by atoms with Gasteiger partial charge in [0.25, 0.3) is 5.69 Å². The Morgan fingerprint density at radius 1 is 1.00 bits per heavy atom. The third-order valence-electron chi connectivity index (χ3n) is 4.58. The van der Waals surface area contributed by atoms with Gasteiger partial charge in [-0.05, 0) is 54.1 Å². The molecule has 0 saturated heterocycles. The number of non-ortho nitro benzene ring substituents is 1. The smallest absolute Gasteiger partial charge is 0.269 e. The molecule has 0 N–H and O–H groups in total. The van der Waals surface area contributed by atoms with Crippen LogP contribution in [0.1, 0.15) is 5.56 Å². The van der Waals surface area contributed by atoms with Crippen LogP contribution in [0.5, 0.6) is 5.75 Å². The molecule has 0 amide bonds. The number of aromatic nitrogens is 3. The average molecular weight is 453 g/mol. The van der Waals surface area contributed by atoms with Gasteiger partial charge in [-0.25, -0.2) is 0 Å². The topological polar surface area (TPSA) is 83.1 Å². The van der Waals surface area contributed by atoms with Crippen LogP contribution >= 0.6 is 23.4 Å². The first kappa shape index (κ1) is 20.9. The van der Waals surface area contributed by atoms with Crippen molar-refractivity contribution in [2.45, 2.75) is 10.9 Å². The molecule has 0 aliphatic rings. The van der Waals surface area contributed by atoms with Gasteiger partial charge in [0.2, 0.25) is 0 Å². The molecule has 7 nitrogen and oxygen atoms in total. The molecule has 4 rings (SSSR count). The van der Waals surface area contributed by atoms with Gasteiger partial charge < -0.3 is 4.74 Å². The van der Waals surface area contributed by atoms with Crippen LogP contribution in [0.2, 0.25) is 5.02 Å². The second kappa shape index (κ2) is 9.20. The highest BCUT2D eigenvalue weighted by atomic mass is 35.5. The summed E-state index contributed by atoms with van der Waals surface area (Å²) in [6.45, 7) is 0. The Balaban J connectivity index is 1.67. The maximum Gasteiger partial charge on any atom is 0.269 e. The number of methoxy groups -OCH3 is 1. The fourth-order valence-electron chi connectivity index (χ4n) is 2.98. The van der Waals surface area contributed by atoms with Crippen molar-refractivity contribution in [1.29, 1.82) is 0 Å². The first-order valence-electron chi connectivity index (χ1n) is 9.27. The Kier molecular flexibility index (Phi) is 6.20. The zero-order valence-corrected chi connectivity index (χ0v) is 18.0. The van der Waals surface area contributed by atoms with Gasteiger partial charge in [0, 0.05) is 34.2 Å². The molecule has 0 radical (unpaired) electrons. The van der Waals surface area contributed by atoms with Gasteiger partial charge in [0.15, 0.2) is 11.0 Å². The van der Waals surface area contributed by atoms with Crippen LogP contribution in [0.4, 0.5) is 5.69 Å². The number of benzene rings is 3. The van der Waals surface area contributed by atoms with E-state index in [1.165, 1.54) is 23.9 Å². The minimum atomic E-state index is -0.407. The Hall–Kier alpha value is -3.36. The molecule has 1 heterocycles. The van der Waals surface area contributed by atoms with E-state index in [4.69, 9.17) is 16.3 Å². The lowest BCUT2D eigenvalue weighted by Gasteiger charge is -2.11. The molecule has 0 aliphatic carbocycles. The van der Waals surface area contributed by atoms with Gasteiger partial charge in [0.1, 0.15) is 5.75 Å². The molecule has 31 heavy (non-hydrogen) atoms. The molecule has 4 aromatic rings. The fourth-order valence-corrected chi connectivity index (χ4v) is 4.01. The Bertz CT molecular complexity index is 1190. The number of rotatable bonds is 7. The highest BCUT2D eigenvalue weighted by molar-refractivity contribution is 7.98. The molecule has 156 valence electrons. The van der Waals surface area contributed by atoms with Crippen molar-refractivity contribution in [2.24, 2.45) is 0 Å². The standard InChI is InChI=1S/C22H17ClN4O3S/c1-30-20-12-10-18(11-13-20)26-21(16-4-6-17(23)7-5-16)24-25-22(26)31-14-15-2-8-19(9-3-15)27(28)29/h2-13H,14H2,1H3. The van der Waals surface area contributed by atoms with Gasteiger partial charge in [0.05, 0.1) is 12.0 Å². The first-order chi connectivity index (χ1) is 15.0. The van der Waals surface area contributed by atoms with E-state index < -0.39 is 4.92 Å². The molecular weight excluding hydrogens is 436 g/mol.